The van der Waals surface area contributed by atoms with Gasteiger partial charge in [0.25, 0.3) is 0 Å². The highest BCUT2D eigenvalue weighted by molar-refractivity contribution is 7.89. The number of carboxylic acid groups (broad SMARTS) is 1. The Balaban J connectivity index is 2.73. The third kappa shape index (κ3) is 4.62. The van der Waals surface area contributed by atoms with E-state index in [-0.39, 0.29) is 17.9 Å². The summed E-state index contributed by atoms with van der Waals surface area (Å²) in [5.74, 6) is -1.37. The van der Waals surface area contributed by atoms with Gasteiger partial charge in [-0.1, -0.05) is 6.07 Å². The molecule has 0 saturated heterocycles. The number of nitrogens with one attached hydrogen (secondary N) is 1. The van der Waals surface area contributed by atoms with E-state index in [0.29, 0.717) is 0 Å². The molecule has 0 heterocycles. The van der Waals surface area contributed by atoms with Crippen molar-refractivity contribution < 1.29 is 23.4 Å². The molecule has 3 N–H and O–H groups in total. The topological polar surface area (TPSA) is 104 Å². The maximum absolute atomic E-state index is 11.9. The van der Waals surface area contributed by atoms with Crippen LogP contribution in [0.1, 0.15) is 17.5 Å². The molecular weight excluding hydrogens is 270 g/mol. The van der Waals surface area contributed by atoms with Crippen molar-refractivity contribution in [1.82, 2.24) is 4.72 Å². The summed E-state index contributed by atoms with van der Waals surface area (Å²) in [5.41, 5.74) is 1.65. The third-order valence-corrected chi connectivity index (χ3v) is 3.94. The summed E-state index contributed by atoms with van der Waals surface area (Å²) in [4.78, 5) is 10.5. The van der Waals surface area contributed by atoms with Gasteiger partial charge in [-0.05, 0) is 43.5 Å². The van der Waals surface area contributed by atoms with Gasteiger partial charge >= 0.3 is 5.97 Å². The molecule has 7 heteroatoms. The Bertz CT molecular complexity index is 547. The Morgan fingerprint density at radius 2 is 1.79 bits per heavy atom. The highest BCUT2D eigenvalue weighted by atomic mass is 32.2. The SMILES string of the molecule is Cc1cc(C)cc(S(=O)(=O)NCC[C@H](O)C(=O)O)c1. The zero-order valence-corrected chi connectivity index (χ0v) is 11.6. The number of carbonyl (C=O) groups is 1. The summed E-state index contributed by atoms with van der Waals surface area (Å²) in [6.45, 7) is 3.45. The third-order valence-electron chi connectivity index (χ3n) is 2.50. The van der Waals surface area contributed by atoms with Crippen molar-refractivity contribution in [2.75, 3.05) is 6.54 Å². The standard InChI is InChI=1S/C12H17NO5S/c1-8-5-9(2)7-10(6-8)19(17,18)13-4-3-11(14)12(15)16/h5-7,11,13-14H,3-4H2,1-2H3,(H,15,16)/t11-/m0/s1. The van der Waals surface area contributed by atoms with Crippen molar-refractivity contribution >= 4 is 16.0 Å². The molecule has 0 amide bonds. The zero-order chi connectivity index (χ0) is 14.6. The van der Waals surface area contributed by atoms with Crippen LogP contribution >= 0.6 is 0 Å². The van der Waals surface area contributed by atoms with Crippen LogP contribution < -0.4 is 4.72 Å². The molecule has 0 aliphatic rings. The summed E-state index contributed by atoms with van der Waals surface area (Å²) in [6.07, 6.45) is -1.75. The Hall–Kier alpha value is -1.44. The van der Waals surface area contributed by atoms with Crippen molar-refractivity contribution in [2.24, 2.45) is 0 Å². The van der Waals surface area contributed by atoms with E-state index in [4.69, 9.17) is 10.2 Å². The number of hydrogen-bond acceptors (Lipinski definition) is 4. The van der Waals surface area contributed by atoms with Crippen LogP contribution in [-0.4, -0.2) is 37.2 Å². The fourth-order valence-corrected chi connectivity index (χ4v) is 2.86. The van der Waals surface area contributed by atoms with E-state index in [1.807, 2.05) is 6.07 Å². The second-order valence-electron chi connectivity index (χ2n) is 4.36. The predicted molar refractivity (Wildman–Crippen MR) is 69.4 cm³/mol. The first kappa shape index (κ1) is 15.6. The molecule has 1 rings (SSSR count). The summed E-state index contributed by atoms with van der Waals surface area (Å²) in [5, 5.41) is 17.5. The molecule has 0 aliphatic heterocycles. The fourth-order valence-electron chi connectivity index (χ4n) is 1.62. The quantitative estimate of drug-likeness (QED) is 0.703. The molecule has 1 atom stereocenters. The summed E-state index contributed by atoms with van der Waals surface area (Å²) < 4.78 is 26.2. The average Bonchev–Trinajstić information content (AvgIpc) is 2.27. The highest BCUT2D eigenvalue weighted by Crippen LogP contribution is 2.14. The van der Waals surface area contributed by atoms with Gasteiger partial charge in [0.1, 0.15) is 0 Å². The van der Waals surface area contributed by atoms with E-state index < -0.39 is 22.1 Å². The molecule has 0 bridgehead atoms. The predicted octanol–water partition coefficient (Wildman–Crippen LogP) is 0.417. The maximum Gasteiger partial charge on any atom is 0.332 e. The molecule has 106 valence electrons. The maximum atomic E-state index is 11.9. The number of carboxylic acids is 1. The van der Waals surface area contributed by atoms with Crippen LogP contribution in [0.3, 0.4) is 0 Å². The molecule has 0 fully saturated rings. The molecule has 0 unspecified atom stereocenters. The molecule has 0 radical (unpaired) electrons. The van der Waals surface area contributed by atoms with E-state index >= 15 is 0 Å². The number of aliphatic carboxylic acids is 1. The van der Waals surface area contributed by atoms with Crippen LogP contribution in [0.25, 0.3) is 0 Å². The van der Waals surface area contributed by atoms with Crippen LogP contribution in [0.15, 0.2) is 23.1 Å². The van der Waals surface area contributed by atoms with Crippen LogP contribution in [0.4, 0.5) is 0 Å². The zero-order valence-electron chi connectivity index (χ0n) is 10.8. The lowest BCUT2D eigenvalue weighted by Crippen LogP contribution is -2.30. The van der Waals surface area contributed by atoms with Gasteiger partial charge in [0.05, 0.1) is 4.90 Å². The van der Waals surface area contributed by atoms with Crippen LogP contribution in [0, 0.1) is 13.8 Å². The minimum atomic E-state index is -3.68. The van der Waals surface area contributed by atoms with Gasteiger partial charge in [-0.25, -0.2) is 17.9 Å². The molecule has 19 heavy (non-hydrogen) atoms. The lowest BCUT2D eigenvalue weighted by Gasteiger charge is -2.09. The average molecular weight is 287 g/mol. The fraction of sp³-hybridized carbons (Fsp3) is 0.417. The van der Waals surface area contributed by atoms with Gasteiger partial charge in [-0.15, -0.1) is 0 Å². The Morgan fingerprint density at radius 1 is 1.26 bits per heavy atom. The minimum Gasteiger partial charge on any atom is -0.479 e. The first-order valence-electron chi connectivity index (χ1n) is 5.71. The monoisotopic (exact) mass is 287 g/mol. The van der Waals surface area contributed by atoms with E-state index in [0.717, 1.165) is 11.1 Å². The summed E-state index contributed by atoms with van der Waals surface area (Å²) in [7, 11) is -3.68. The van der Waals surface area contributed by atoms with Gasteiger partial charge in [0, 0.05) is 6.54 Å². The number of sulfonamides is 1. The lowest BCUT2D eigenvalue weighted by atomic mass is 10.2. The number of aliphatic hydroxyl groups excluding tert-OH is 1. The largest absolute Gasteiger partial charge is 0.479 e. The number of benzene rings is 1. The Labute approximate surface area is 112 Å². The first-order valence-corrected chi connectivity index (χ1v) is 7.19. The molecule has 0 saturated carbocycles. The van der Waals surface area contributed by atoms with Crippen LogP contribution in [0.5, 0.6) is 0 Å². The molecule has 0 aromatic heterocycles. The van der Waals surface area contributed by atoms with Crippen LogP contribution in [-0.2, 0) is 14.8 Å². The highest BCUT2D eigenvalue weighted by Gasteiger charge is 2.17. The van der Waals surface area contributed by atoms with Gasteiger partial charge in [-0.3, -0.25) is 0 Å². The van der Waals surface area contributed by atoms with Gasteiger partial charge in [0.15, 0.2) is 6.10 Å². The second-order valence-corrected chi connectivity index (χ2v) is 6.13. The Kier molecular flexibility index (Phi) is 5.04. The van der Waals surface area contributed by atoms with Crippen molar-refractivity contribution in [3.63, 3.8) is 0 Å². The summed E-state index contributed by atoms with van der Waals surface area (Å²) >= 11 is 0. The smallest absolute Gasteiger partial charge is 0.332 e. The van der Waals surface area contributed by atoms with Crippen molar-refractivity contribution in [2.45, 2.75) is 31.3 Å². The molecule has 0 spiro atoms. The molecule has 1 aromatic carbocycles. The van der Waals surface area contributed by atoms with Gasteiger partial charge in [-0.2, -0.15) is 0 Å². The van der Waals surface area contributed by atoms with Crippen LogP contribution in [0.2, 0.25) is 0 Å². The van der Waals surface area contributed by atoms with Crippen molar-refractivity contribution in [3.05, 3.63) is 29.3 Å². The van der Waals surface area contributed by atoms with E-state index in [1.54, 1.807) is 13.8 Å². The number of rotatable bonds is 6. The van der Waals surface area contributed by atoms with E-state index in [1.165, 1.54) is 12.1 Å². The molecule has 1 aromatic rings. The van der Waals surface area contributed by atoms with E-state index in [2.05, 4.69) is 4.72 Å². The number of aryl methyl sites for hydroxylation is 2. The van der Waals surface area contributed by atoms with E-state index in [9.17, 15) is 13.2 Å². The molecule has 6 nitrogen and oxygen atoms in total. The summed E-state index contributed by atoms with van der Waals surface area (Å²) in [6, 6.07) is 4.92. The normalized spacial score (nSPS) is 13.2. The van der Waals surface area contributed by atoms with Gasteiger partial charge in [0.2, 0.25) is 10.0 Å². The molecule has 0 aliphatic carbocycles. The van der Waals surface area contributed by atoms with Crippen molar-refractivity contribution in [3.8, 4) is 0 Å². The number of aliphatic hydroxyl groups is 1. The van der Waals surface area contributed by atoms with Gasteiger partial charge < -0.3 is 10.2 Å². The molecular formula is C12H17NO5S. The van der Waals surface area contributed by atoms with Crippen molar-refractivity contribution in [1.29, 1.82) is 0 Å². The minimum absolute atomic E-state index is 0.134. The first-order chi connectivity index (χ1) is 8.72. The number of hydrogen-bond donors (Lipinski definition) is 3. The second kappa shape index (κ2) is 6.14. The Morgan fingerprint density at radius 3 is 2.26 bits per heavy atom. The lowest BCUT2D eigenvalue weighted by molar-refractivity contribution is -0.146.